The van der Waals surface area contributed by atoms with Gasteiger partial charge in [-0.1, -0.05) is 134 Å². The van der Waals surface area contributed by atoms with Gasteiger partial charge in [-0.2, -0.15) is 14.4 Å². The van der Waals surface area contributed by atoms with Crippen LogP contribution in [0, 0.1) is 5.41 Å². The summed E-state index contributed by atoms with van der Waals surface area (Å²) in [6, 6.07) is 47.2. The number of ether oxygens (including phenoxy) is 3. The minimum Gasteiger partial charge on any atom is -0.431 e. The van der Waals surface area contributed by atoms with Gasteiger partial charge in [0.2, 0.25) is 0 Å². The van der Waals surface area contributed by atoms with E-state index in [-0.39, 0.29) is 23.1 Å². The molecule has 320 valence electrons. The van der Waals surface area contributed by atoms with E-state index in [4.69, 9.17) is 14.2 Å². The SMILES string of the molecule is CCC(COC(=O)OOC(=O)c1ccc(-c2ccccc2)cc1)(COC(=O)OOC(=O)c1ccc(-c2ccccc2)cc1)COC(=O)OOC(=O)c1ccc(-c2ccccc2)cc1. The highest BCUT2D eigenvalue weighted by atomic mass is 17.2. The molecule has 0 unspecified atom stereocenters. The average molecular weight is 855 g/mol. The van der Waals surface area contributed by atoms with Crippen LogP contribution in [0.25, 0.3) is 33.4 Å². The molecular formula is C48H38O15. The Balaban J connectivity index is 1.02. The van der Waals surface area contributed by atoms with Gasteiger partial charge in [0.15, 0.2) is 0 Å². The first-order valence-electron chi connectivity index (χ1n) is 19.2. The summed E-state index contributed by atoms with van der Waals surface area (Å²) in [5, 5.41) is 0. The molecule has 0 amide bonds. The summed E-state index contributed by atoms with van der Waals surface area (Å²) < 4.78 is 15.4. The second-order valence-corrected chi connectivity index (χ2v) is 13.7. The van der Waals surface area contributed by atoms with Crippen molar-refractivity contribution in [1.29, 1.82) is 0 Å². The third-order valence-corrected chi connectivity index (χ3v) is 9.48. The zero-order valence-electron chi connectivity index (χ0n) is 33.5. The fourth-order valence-electron chi connectivity index (χ4n) is 5.79. The zero-order chi connectivity index (χ0) is 44.4. The molecule has 0 saturated heterocycles. The number of rotatable bonds is 13. The topological polar surface area (TPSA) is 185 Å². The maximum atomic E-state index is 12.6. The molecule has 15 nitrogen and oxygen atoms in total. The highest BCUT2D eigenvalue weighted by molar-refractivity contribution is 5.91. The standard InChI is InChI=1S/C48H38O15/c1-2-48(30-55-45(52)61-58-42(49)39-24-18-36(19-25-39)33-12-6-3-7-13-33,31-56-46(53)62-59-43(50)40-26-20-37(21-27-40)34-14-8-4-9-15-34)32-57-47(54)63-60-44(51)41-28-22-38(23-29-41)35-16-10-5-11-17-35/h3-29H,2,30-32H2,1H3. The van der Waals surface area contributed by atoms with Crippen molar-refractivity contribution in [2.75, 3.05) is 19.8 Å². The lowest BCUT2D eigenvalue weighted by Gasteiger charge is -2.29. The van der Waals surface area contributed by atoms with Crippen LogP contribution in [0.4, 0.5) is 14.4 Å². The van der Waals surface area contributed by atoms with Crippen LogP contribution >= 0.6 is 0 Å². The molecule has 0 aliphatic rings. The predicted molar refractivity (Wildman–Crippen MR) is 222 cm³/mol. The molecular weight excluding hydrogens is 817 g/mol. The lowest BCUT2D eigenvalue weighted by molar-refractivity contribution is -0.217. The Morgan fingerprint density at radius 1 is 0.333 bits per heavy atom. The van der Waals surface area contributed by atoms with Crippen LogP contribution in [0.1, 0.15) is 44.4 Å². The summed E-state index contributed by atoms with van der Waals surface area (Å²) in [4.78, 5) is 103. The molecule has 0 bridgehead atoms. The monoisotopic (exact) mass is 854 g/mol. The number of benzene rings is 6. The van der Waals surface area contributed by atoms with Gasteiger partial charge >= 0.3 is 36.4 Å². The molecule has 6 rings (SSSR count). The largest absolute Gasteiger partial charge is 0.549 e. The lowest BCUT2D eigenvalue weighted by atomic mass is 9.88. The van der Waals surface area contributed by atoms with Crippen LogP contribution in [0.3, 0.4) is 0 Å². The smallest absolute Gasteiger partial charge is 0.431 e. The molecule has 0 atom stereocenters. The van der Waals surface area contributed by atoms with E-state index in [0.29, 0.717) is 0 Å². The normalized spacial score (nSPS) is 10.6. The highest BCUT2D eigenvalue weighted by Gasteiger charge is 2.36. The molecule has 6 aromatic carbocycles. The first-order valence-corrected chi connectivity index (χ1v) is 19.2. The van der Waals surface area contributed by atoms with Crippen LogP contribution in [0.2, 0.25) is 0 Å². The minimum atomic E-state index is -1.55. The van der Waals surface area contributed by atoms with Crippen molar-refractivity contribution in [1.82, 2.24) is 0 Å². The van der Waals surface area contributed by atoms with Crippen molar-refractivity contribution >= 4 is 36.4 Å². The summed E-state index contributed by atoms with van der Waals surface area (Å²) in [5.74, 6) is -3.02. The van der Waals surface area contributed by atoms with Crippen molar-refractivity contribution in [3.05, 3.63) is 180 Å². The van der Waals surface area contributed by atoms with E-state index in [1.807, 2.05) is 91.0 Å². The fourth-order valence-corrected chi connectivity index (χ4v) is 5.79. The summed E-state index contributed by atoms with van der Waals surface area (Å²) in [6.07, 6.45) is -4.46. The Kier molecular flexibility index (Phi) is 15.2. The molecule has 63 heavy (non-hydrogen) atoms. The van der Waals surface area contributed by atoms with Crippen LogP contribution < -0.4 is 0 Å². The predicted octanol–water partition coefficient (Wildman–Crippen LogP) is 10.2. The van der Waals surface area contributed by atoms with E-state index < -0.39 is 61.6 Å². The summed E-state index contributed by atoms with van der Waals surface area (Å²) in [6.45, 7) is -0.455. The summed E-state index contributed by atoms with van der Waals surface area (Å²) >= 11 is 0. The number of carbonyl (C=O) groups is 6. The van der Waals surface area contributed by atoms with Crippen LogP contribution in [-0.2, 0) is 43.5 Å². The Bertz CT molecular complexity index is 2200. The van der Waals surface area contributed by atoms with E-state index in [2.05, 4.69) is 29.3 Å². The van der Waals surface area contributed by atoms with Crippen LogP contribution in [0.15, 0.2) is 164 Å². The van der Waals surface area contributed by atoms with Gasteiger partial charge in [0, 0.05) is 0 Å². The molecule has 0 fully saturated rings. The zero-order valence-corrected chi connectivity index (χ0v) is 33.5. The van der Waals surface area contributed by atoms with Gasteiger partial charge in [-0.05, 0) is 76.2 Å². The summed E-state index contributed by atoms with van der Waals surface area (Å²) in [5.41, 5.74) is 3.91. The van der Waals surface area contributed by atoms with Crippen molar-refractivity contribution in [2.24, 2.45) is 5.41 Å². The van der Waals surface area contributed by atoms with Gasteiger partial charge in [-0.15, -0.1) is 0 Å². The average Bonchev–Trinajstić information content (AvgIpc) is 3.35. The third-order valence-electron chi connectivity index (χ3n) is 9.48. The molecule has 15 heteroatoms. The Morgan fingerprint density at radius 2 is 0.571 bits per heavy atom. The van der Waals surface area contributed by atoms with Crippen LogP contribution in [0.5, 0.6) is 0 Å². The van der Waals surface area contributed by atoms with Gasteiger partial charge in [-0.25, -0.2) is 43.7 Å². The van der Waals surface area contributed by atoms with E-state index >= 15 is 0 Å². The van der Waals surface area contributed by atoms with E-state index in [9.17, 15) is 28.8 Å². The fraction of sp³-hybridized carbons (Fsp3) is 0.125. The van der Waals surface area contributed by atoms with Gasteiger partial charge in [0.05, 0.1) is 22.1 Å². The molecule has 6 aromatic rings. The molecule has 0 aliphatic heterocycles. The van der Waals surface area contributed by atoms with Crippen molar-refractivity contribution < 1.29 is 72.3 Å². The highest BCUT2D eigenvalue weighted by Crippen LogP contribution is 2.26. The maximum Gasteiger partial charge on any atom is 0.549 e. The van der Waals surface area contributed by atoms with Crippen LogP contribution in [-0.4, -0.2) is 56.2 Å². The second kappa shape index (κ2) is 21.7. The van der Waals surface area contributed by atoms with Gasteiger partial charge < -0.3 is 14.2 Å². The van der Waals surface area contributed by atoms with Gasteiger partial charge in [-0.3, -0.25) is 0 Å². The Morgan fingerprint density at radius 3 is 0.810 bits per heavy atom. The van der Waals surface area contributed by atoms with Gasteiger partial charge in [0.1, 0.15) is 19.8 Å². The second-order valence-electron chi connectivity index (χ2n) is 13.7. The summed E-state index contributed by atoms with van der Waals surface area (Å²) in [7, 11) is 0. The number of carbonyl (C=O) groups excluding carboxylic acids is 6. The lowest BCUT2D eigenvalue weighted by Crippen LogP contribution is -2.39. The number of hydrogen-bond acceptors (Lipinski definition) is 15. The molecule has 0 aliphatic carbocycles. The number of hydrogen-bond donors (Lipinski definition) is 0. The molecule has 0 heterocycles. The Hall–Kier alpha value is -8.46. The first-order chi connectivity index (χ1) is 30.6. The quantitative estimate of drug-likeness (QED) is 0.0462. The van der Waals surface area contributed by atoms with Crippen molar-refractivity contribution in [3.63, 3.8) is 0 Å². The van der Waals surface area contributed by atoms with E-state index in [0.717, 1.165) is 33.4 Å². The minimum absolute atomic E-state index is 0.0184. The Labute approximate surface area is 360 Å². The van der Waals surface area contributed by atoms with Crippen molar-refractivity contribution in [2.45, 2.75) is 13.3 Å². The van der Waals surface area contributed by atoms with Crippen molar-refractivity contribution in [3.8, 4) is 33.4 Å². The molecule has 0 saturated carbocycles. The molecule has 0 radical (unpaired) electrons. The molecule has 0 aromatic heterocycles. The van der Waals surface area contributed by atoms with E-state index in [1.54, 1.807) is 43.3 Å². The molecule has 0 N–H and O–H groups in total. The third kappa shape index (κ3) is 12.8. The van der Waals surface area contributed by atoms with Gasteiger partial charge in [0.25, 0.3) is 0 Å². The maximum absolute atomic E-state index is 12.6. The molecule has 0 spiro atoms. The first kappa shape index (κ1) is 44.1. The van der Waals surface area contributed by atoms with E-state index in [1.165, 1.54) is 36.4 Å².